The predicted octanol–water partition coefficient (Wildman–Crippen LogP) is 7.28. The lowest BCUT2D eigenvalue weighted by atomic mass is 9.88. The summed E-state index contributed by atoms with van der Waals surface area (Å²) >= 11 is 12.5. The molecule has 0 saturated carbocycles. The van der Waals surface area contributed by atoms with Gasteiger partial charge in [0.1, 0.15) is 12.5 Å². The third-order valence-corrected chi connectivity index (χ3v) is 6.90. The zero-order valence-corrected chi connectivity index (χ0v) is 22.3. The van der Waals surface area contributed by atoms with Crippen LogP contribution in [0.25, 0.3) is 0 Å². The van der Waals surface area contributed by atoms with Crippen molar-refractivity contribution in [3.05, 3.63) is 98.9 Å². The summed E-state index contributed by atoms with van der Waals surface area (Å²) in [5.41, 5.74) is 4.78. The summed E-state index contributed by atoms with van der Waals surface area (Å²) in [5.74, 6) is 6.95. The molecule has 0 aromatic heterocycles. The topological polar surface area (TPSA) is 51.0 Å². The molecule has 1 unspecified atom stereocenters. The van der Waals surface area contributed by atoms with Gasteiger partial charge in [-0.05, 0) is 60.4 Å². The smallest absolute Gasteiger partial charge is 0.165 e. The number of ether oxygens (including phenoxy) is 2. The largest absolute Gasteiger partial charge is 0.495 e. The number of nitrogens with two attached hydrogens (primary N) is 1. The van der Waals surface area contributed by atoms with Crippen molar-refractivity contribution in [1.82, 2.24) is 0 Å². The van der Waals surface area contributed by atoms with Crippen molar-refractivity contribution < 1.29 is 13.9 Å². The number of aryl methyl sites for hydroxylation is 1. The van der Waals surface area contributed by atoms with Crippen molar-refractivity contribution in [3.8, 4) is 5.75 Å². The molecule has 1 aliphatic heterocycles. The molecular formula is C28H30Cl2FN3O2. The first-order valence-corrected chi connectivity index (χ1v) is 12.4. The molecule has 3 aromatic carbocycles. The SMILES string of the molecule is COc1ccccc1N(N)/C(=C1\COCN(c2cccc(Cl)c2F)C1c1ccc(Cl)cc1C)C(C)C. The van der Waals surface area contributed by atoms with Gasteiger partial charge < -0.3 is 14.4 Å². The van der Waals surface area contributed by atoms with Crippen LogP contribution in [0.15, 0.2) is 71.9 Å². The van der Waals surface area contributed by atoms with Crippen molar-refractivity contribution in [1.29, 1.82) is 0 Å². The van der Waals surface area contributed by atoms with Gasteiger partial charge in [-0.15, -0.1) is 0 Å². The highest BCUT2D eigenvalue weighted by Gasteiger charge is 2.36. The predicted molar refractivity (Wildman–Crippen MR) is 145 cm³/mol. The van der Waals surface area contributed by atoms with E-state index in [4.69, 9.17) is 38.5 Å². The van der Waals surface area contributed by atoms with E-state index in [9.17, 15) is 0 Å². The lowest BCUT2D eigenvalue weighted by Gasteiger charge is -2.43. The first-order valence-electron chi connectivity index (χ1n) is 11.7. The van der Waals surface area contributed by atoms with Crippen LogP contribution < -0.4 is 20.5 Å². The van der Waals surface area contributed by atoms with Crippen molar-refractivity contribution in [2.24, 2.45) is 11.8 Å². The van der Waals surface area contributed by atoms with Crippen molar-refractivity contribution >= 4 is 34.6 Å². The Balaban J connectivity index is 1.98. The highest BCUT2D eigenvalue weighted by atomic mass is 35.5. The van der Waals surface area contributed by atoms with Crippen LogP contribution in [0.4, 0.5) is 15.8 Å². The highest BCUT2D eigenvalue weighted by Crippen LogP contribution is 2.43. The van der Waals surface area contributed by atoms with E-state index in [0.29, 0.717) is 28.8 Å². The second-order valence-electron chi connectivity index (χ2n) is 9.03. The minimum atomic E-state index is -0.499. The molecule has 1 aliphatic rings. The van der Waals surface area contributed by atoms with Gasteiger partial charge in [0.2, 0.25) is 0 Å². The number of allylic oxidation sites excluding steroid dienone is 1. The van der Waals surface area contributed by atoms with Gasteiger partial charge in [0.25, 0.3) is 0 Å². The second kappa shape index (κ2) is 11.1. The number of hydrazine groups is 1. The number of halogens is 3. The van der Waals surface area contributed by atoms with E-state index < -0.39 is 5.82 Å². The zero-order chi connectivity index (χ0) is 26.0. The van der Waals surface area contributed by atoms with Crippen LogP contribution in [-0.4, -0.2) is 20.4 Å². The monoisotopic (exact) mass is 529 g/mol. The standard InChI is InChI=1S/C28H30Cl2FN3O2/c1-17(2)27(34(32)23-9-5-6-11-25(23)35-4)21-15-36-16-33(24-10-7-8-22(30)26(24)31)28(21)20-13-12-19(29)14-18(20)3/h5-14,17,28H,15-16,32H2,1-4H3/b27-21+. The molecule has 0 aliphatic carbocycles. The maximum Gasteiger partial charge on any atom is 0.165 e. The number of benzene rings is 3. The number of methoxy groups -OCH3 is 1. The average Bonchev–Trinajstić information content (AvgIpc) is 2.86. The summed E-state index contributed by atoms with van der Waals surface area (Å²) in [6.45, 7) is 6.64. The van der Waals surface area contributed by atoms with E-state index in [1.54, 1.807) is 24.3 Å². The Morgan fingerprint density at radius 3 is 2.58 bits per heavy atom. The van der Waals surface area contributed by atoms with Gasteiger partial charge in [0, 0.05) is 16.3 Å². The number of hydrogen-bond acceptors (Lipinski definition) is 5. The van der Waals surface area contributed by atoms with Gasteiger partial charge in [0.15, 0.2) is 5.82 Å². The molecule has 4 rings (SSSR count). The van der Waals surface area contributed by atoms with Crippen molar-refractivity contribution in [2.45, 2.75) is 26.8 Å². The van der Waals surface area contributed by atoms with E-state index in [0.717, 1.165) is 22.4 Å². The molecule has 1 fully saturated rings. The van der Waals surface area contributed by atoms with E-state index in [1.165, 1.54) is 6.07 Å². The summed E-state index contributed by atoms with van der Waals surface area (Å²) in [5, 5.41) is 2.33. The number of rotatable bonds is 6. The Kier molecular flexibility index (Phi) is 8.10. The van der Waals surface area contributed by atoms with Gasteiger partial charge in [0.05, 0.1) is 36.2 Å². The molecule has 2 N–H and O–H groups in total. The summed E-state index contributed by atoms with van der Waals surface area (Å²) in [4.78, 5) is 1.88. The fraction of sp³-hybridized carbons (Fsp3) is 0.286. The molecule has 0 amide bonds. The summed E-state index contributed by atoms with van der Waals surface area (Å²) in [7, 11) is 1.61. The van der Waals surface area contributed by atoms with Crippen LogP contribution in [0.5, 0.6) is 5.75 Å². The second-order valence-corrected chi connectivity index (χ2v) is 9.87. The van der Waals surface area contributed by atoms with E-state index >= 15 is 4.39 Å². The van der Waals surface area contributed by atoms with Crippen LogP contribution in [0, 0.1) is 18.7 Å². The Labute approximate surface area is 221 Å². The van der Waals surface area contributed by atoms with Crippen LogP contribution in [-0.2, 0) is 4.74 Å². The van der Waals surface area contributed by atoms with Crippen molar-refractivity contribution in [2.75, 3.05) is 30.4 Å². The van der Waals surface area contributed by atoms with E-state index in [2.05, 4.69) is 13.8 Å². The summed E-state index contributed by atoms with van der Waals surface area (Å²) < 4.78 is 27.0. The maximum absolute atomic E-state index is 15.3. The van der Waals surface area contributed by atoms with Gasteiger partial charge in [-0.25, -0.2) is 10.2 Å². The Bertz CT molecular complexity index is 1280. The third kappa shape index (κ3) is 5.04. The van der Waals surface area contributed by atoms with Crippen LogP contribution >= 0.6 is 23.2 Å². The molecule has 190 valence electrons. The zero-order valence-electron chi connectivity index (χ0n) is 20.8. The molecule has 8 heteroatoms. The molecule has 3 aromatic rings. The fourth-order valence-corrected chi connectivity index (χ4v) is 5.19. The van der Waals surface area contributed by atoms with Crippen LogP contribution in [0.3, 0.4) is 0 Å². The molecular weight excluding hydrogens is 500 g/mol. The number of anilines is 2. The number of nitrogens with zero attached hydrogens (tertiary/aromatic N) is 2. The van der Waals surface area contributed by atoms with Crippen LogP contribution in [0.2, 0.25) is 10.0 Å². The Morgan fingerprint density at radius 1 is 1.14 bits per heavy atom. The Morgan fingerprint density at radius 2 is 1.89 bits per heavy atom. The number of hydrogen-bond donors (Lipinski definition) is 1. The van der Waals surface area contributed by atoms with E-state index in [-0.39, 0.29) is 23.7 Å². The van der Waals surface area contributed by atoms with Gasteiger partial charge in [-0.1, -0.05) is 61.3 Å². The molecule has 1 saturated heterocycles. The molecule has 1 heterocycles. The average molecular weight is 530 g/mol. The molecule has 0 bridgehead atoms. The summed E-state index contributed by atoms with van der Waals surface area (Å²) in [6, 6.07) is 17.9. The maximum atomic E-state index is 15.3. The van der Waals surface area contributed by atoms with Gasteiger partial charge in [-0.2, -0.15) is 0 Å². The molecule has 0 spiro atoms. The lowest BCUT2D eigenvalue weighted by molar-refractivity contribution is 0.120. The Hall–Kier alpha value is -2.77. The van der Waals surface area contributed by atoms with Crippen molar-refractivity contribution in [3.63, 3.8) is 0 Å². The lowest BCUT2D eigenvalue weighted by Crippen LogP contribution is -2.43. The molecule has 36 heavy (non-hydrogen) atoms. The minimum absolute atomic E-state index is 0.0118. The first-order chi connectivity index (χ1) is 17.2. The summed E-state index contributed by atoms with van der Waals surface area (Å²) in [6.07, 6.45) is 0. The fourth-order valence-electron chi connectivity index (χ4n) is 4.80. The molecule has 0 radical (unpaired) electrons. The molecule has 5 nitrogen and oxygen atoms in total. The highest BCUT2D eigenvalue weighted by molar-refractivity contribution is 6.31. The molecule has 1 atom stereocenters. The van der Waals surface area contributed by atoms with Gasteiger partial charge >= 0.3 is 0 Å². The first kappa shape index (κ1) is 26.3. The normalized spacial score (nSPS) is 17.4. The third-order valence-electron chi connectivity index (χ3n) is 6.38. The number of para-hydroxylation sites is 2. The van der Waals surface area contributed by atoms with E-state index in [1.807, 2.05) is 54.3 Å². The van der Waals surface area contributed by atoms with Crippen LogP contribution in [0.1, 0.15) is 31.0 Å². The minimum Gasteiger partial charge on any atom is -0.495 e. The quantitative estimate of drug-likeness (QED) is 0.268. The van der Waals surface area contributed by atoms with Gasteiger partial charge in [-0.3, -0.25) is 5.01 Å².